The summed E-state index contributed by atoms with van der Waals surface area (Å²) in [6.07, 6.45) is 5.09. The largest absolute Gasteiger partial charge is 0.352 e. The first-order chi connectivity index (χ1) is 16.1. The molecular weight excluding hydrogens is 474 g/mol. The standard InChI is InChI=1S/C25H32ClN3O4S/c1-18-8-4-7-11-23(18)29(34(3,32)33)17-24(30)28(16-20-12-14-21(26)15-13-20)19(2)25(31)27-22-9-5-6-10-22/h4,7-8,11-15,19,22H,5-6,9-10,16-17H2,1-3H3,(H,27,31)/t19-/m1/s1. The summed E-state index contributed by atoms with van der Waals surface area (Å²) in [6, 6.07) is 13.4. The highest BCUT2D eigenvalue weighted by Gasteiger charge is 2.31. The number of anilines is 1. The Morgan fingerprint density at radius 3 is 2.29 bits per heavy atom. The molecule has 9 heteroatoms. The fourth-order valence-electron chi connectivity index (χ4n) is 4.20. The molecule has 3 rings (SSSR count). The molecular formula is C25H32ClN3O4S. The molecule has 1 aliphatic rings. The molecule has 1 saturated carbocycles. The van der Waals surface area contributed by atoms with Crippen LogP contribution in [0.2, 0.25) is 5.02 Å². The molecule has 1 aliphatic carbocycles. The summed E-state index contributed by atoms with van der Waals surface area (Å²) in [5.41, 5.74) is 1.96. The van der Waals surface area contributed by atoms with Crippen LogP contribution in [0.1, 0.15) is 43.7 Å². The van der Waals surface area contributed by atoms with Gasteiger partial charge in [-0.1, -0.05) is 54.8 Å². The first-order valence-corrected chi connectivity index (χ1v) is 13.7. The van der Waals surface area contributed by atoms with E-state index in [-0.39, 0.29) is 18.5 Å². The van der Waals surface area contributed by atoms with E-state index >= 15 is 0 Å². The number of nitrogens with zero attached hydrogens (tertiary/aromatic N) is 2. The van der Waals surface area contributed by atoms with E-state index < -0.39 is 28.5 Å². The Balaban J connectivity index is 1.88. The Bertz CT molecular complexity index is 1120. The summed E-state index contributed by atoms with van der Waals surface area (Å²) in [6.45, 7) is 3.22. The molecule has 0 heterocycles. The number of benzene rings is 2. The Kier molecular flexibility index (Phi) is 8.60. The molecule has 0 spiro atoms. The van der Waals surface area contributed by atoms with Gasteiger partial charge in [-0.3, -0.25) is 13.9 Å². The van der Waals surface area contributed by atoms with Gasteiger partial charge in [0.05, 0.1) is 11.9 Å². The summed E-state index contributed by atoms with van der Waals surface area (Å²) in [5, 5.41) is 3.61. The maximum absolute atomic E-state index is 13.6. The molecule has 0 saturated heterocycles. The van der Waals surface area contributed by atoms with Crippen LogP contribution in [0, 0.1) is 6.92 Å². The van der Waals surface area contributed by atoms with E-state index in [2.05, 4.69) is 5.32 Å². The number of nitrogens with one attached hydrogen (secondary N) is 1. The van der Waals surface area contributed by atoms with Crippen LogP contribution in [0.3, 0.4) is 0 Å². The van der Waals surface area contributed by atoms with E-state index in [0.29, 0.717) is 10.7 Å². The van der Waals surface area contributed by atoms with Crippen molar-refractivity contribution < 1.29 is 18.0 Å². The van der Waals surface area contributed by atoms with E-state index in [1.165, 1.54) is 4.90 Å². The fourth-order valence-corrected chi connectivity index (χ4v) is 5.23. The average molecular weight is 506 g/mol. The van der Waals surface area contributed by atoms with Crippen molar-refractivity contribution in [2.75, 3.05) is 17.1 Å². The maximum atomic E-state index is 13.6. The number of hydrogen-bond donors (Lipinski definition) is 1. The summed E-state index contributed by atoms with van der Waals surface area (Å²) in [7, 11) is -3.74. The molecule has 1 fully saturated rings. The van der Waals surface area contributed by atoms with Gasteiger partial charge < -0.3 is 10.2 Å². The van der Waals surface area contributed by atoms with Crippen LogP contribution < -0.4 is 9.62 Å². The maximum Gasteiger partial charge on any atom is 0.244 e. The summed E-state index contributed by atoms with van der Waals surface area (Å²) in [5.74, 6) is -0.700. The van der Waals surface area contributed by atoms with Gasteiger partial charge in [0, 0.05) is 17.6 Å². The number of halogens is 1. The summed E-state index contributed by atoms with van der Waals surface area (Å²) < 4.78 is 26.4. The number of aryl methyl sites for hydroxylation is 1. The Labute approximate surface area is 207 Å². The van der Waals surface area contributed by atoms with Crippen LogP contribution in [0.5, 0.6) is 0 Å². The van der Waals surface area contributed by atoms with Crippen LogP contribution in [-0.2, 0) is 26.2 Å². The van der Waals surface area contributed by atoms with Crippen LogP contribution in [0.4, 0.5) is 5.69 Å². The minimum atomic E-state index is -3.74. The topological polar surface area (TPSA) is 86.8 Å². The lowest BCUT2D eigenvalue weighted by molar-refractivity contribution is -0.139. The predicted molar refractivity (Wildman–Crippen MR) is 135 cm³/mol. The van der Waals surface area contributed by atoms with E-state index in [0.717, 1.165) is 47.4 Å². The highest BCUT2D eigenvalue weighted by molar-refractivity contribution is 7.92. The molecule has 2 aromatic carbocycles. The van der Waals surface area contributed by atoms with Crippen LogP contribution >= 0.6 is 11.6 Å². The van der Waals surface area contributed by atoms with Crippen molar-refractivity contribution in [3.63, 3.8) is 0 Å². The van der Waals surface area contributed by atoms with Gasteiger partial charge in [-0.25, -0.2) is 8.42 Å². The monoisotopic (exact) mass is 505 g/mol. The first-order valence-electron chi connectivity index (χ1n) is 11.4. The third kappa shape index (κ3) is 6.73. The van der Waals surface area contributed by atoms with Crippen LogP contribution in [0.15, 0.2) is 48.5 Å². The molecule has 0 bridgehead atoms. The molecule has 0 aliphatic heterocycles. The van der Waals surface area contributed by atoms with Gasteiger partial charge in [0.15, 0.2) is 0 Å². The van der Waals surface area contributed by atoms with Crippen molar-refractivity contribution in [3.05, 3.63) is 64.7 Å². The van der Waals surface area contributed by atoms with Gasteiger partial charge in [-0.05, 0) is 56.0 Å². The molecule has 2 amide bonds. The molecule has 2 aromatic rings. The lowest BCUT2D eigenvalue weighted by Gasteiger charge is -2.32. The van der Waals surface area contributed by atoms with Gasteiger partial charge in [0.2, 0.25) is 21.8 Å². The van der Waals surface area contributed by atoms with Crippen molar-refractivity contribution in [2.24, 2.45) is 0 Å². The van der Waals surface area contributed by atoms with Gasteiger partial charge in [-0.15, -0.1) is 0 Å². The second kappa shape index (κ2) is 11.2. The van der Waals surface area contributed by atoms with Gasteiger partial charge in [-0.2, -0.15) is 0 Å². The summed E-state index contributed by atoms with van der Waals surface area (Å²) >= 11 is 6.00. The highest BCUT2D eigenvalue weighted by Crippen LogP contribution is 2.23. The Morgan fingerprint density at radius 2 is 1.71 bits per heavy atom. The molecule has 7 nitrogen and oxygen atoms in total. The van der Waals surface area contributed by atoms with Crippen LogP contribution in [0.25, 0.3) is 0 Å². The average Bonchev–Trinajstić information content (AvgIpc) is 3.29. The minimum absolute atomic E-state index is 0.113. The number of amides is 2. The molecule has 0 radical (unpaired) electrons. The lowest BCUT2D eigenvalue weighted by Crippen LogP contribution is -2.52. The van der Waals surface area contributed by atoms with Crippen molar-refractivity contribution in [1.29, 1.82) is 0 Å². The second-order valence-corrected chi connectivity index (χ2v) is 11.2. The molecule has 0 aromatic heterocycles. The van der Waals surface area contributed by atoms with Crippen molar-refractivity contribution in [1.82, 2.24) is 10.2 Å². The molecule has 184 valence electrons. The SMILES string of the molecule is Cc1ccccc1N(CC(=O)N(Cc1ccc(Cl)cc1)[C@H](C)C(=O)NC1CCCC1)S(C)(=O)=O. The number of carbonyl (C=O) groups excluding carboxylic acids is 2. The Morgan fingerprint density at radius 1 is 1.09 bits per heavy atom. The number of rotatable bonds is 9. The molecule has 1 N–H and O–H groups in total. The zero-order valence-electron chi connectivity index (χ0n) is 19.8. The third-order valence-corrected chi connectivity index (χ3v) is 7.58. The quantitative estimate of drug-likeness (QED) is 0.560. The smallest absolute Gasteiger partial charge is 0.244 e. The predicted octanol–water partition coefficient (Wildman–Crippen LogP) is 3.89. The van der Waals surface area contributed by atoms with Gasteiger partial charge in [0.25, 0.3) is 0 Å². The fraction of sp³-hybridized carbons (Fsp3) is 0.440. The summed E-state index contributed by atoms with van der Waals surface area (Å²) in [4.78, 5) is 28.0. The number of para-hydroxylation sites is 1. The van der Waals surface area contributed by atoms with Crippen molar-refractivity contribution in [3.8, 4) is 0 Å². The minimum Gasteiger partial charge on any atom is -0.352 e. The number of sulfonamides is 1. The van der Waals surface area contributed by atoms with E-state index in [9.17, 15) is 18.0 Å². The van der Waals surface area contributed by atoms with Crippen molar-refractivity contribution >= 4 is 39.1 Å². The second-order valence-electron chi connectivity index (χ2n) is 8.87. The third-order valence-electron chi connectivity index (χ3n) is 6.20. The number of hydrogen-bond acceptors (Lipinski definition) is 4. The van der Waals surface area contributed by atoms with E-state index in [1.54, 1.807) is 56.3 Å². The molecule has 1 atom stereocenters. The molecule has 0 unspecified atom stereocenters. The zero-order chi connectivity index (χ0) is 24.9. The van der Waals surface area contributed by atoms with E-state index in [1.807, 2.05) is 6.07 Å². The first kappa shape index (κ1) is 26.0. The normalized spacial score (nSPS) is 15.1. The van der Waals surface area contributed by atoms with Crippen LogP contribution in [-0.4, -0.2) is 50.0 Å². The van der Waals surface area contributed by atoms with Crippen molar-refractivity contribution in [2.45, 2.75) is 58.2 Å². The zero-order valence-corrected chi connectivity index (χ0v) is 21.4. The lowest BCUT2D eigenvalue weighted by atomic mass is 10.1. The van der Waals surface area contributed by atoms with Gasteiger partial charge >= 0.3 is 0 Å². The van der Waals surface area contributed by atoms with E-state index in [4.69, 9.17) is 11.6 Å². The Hall–Kier alpha value is -2.58. The number of carbonyl (C=O) groups is 2. The highest BCUT2D eigenvalue weighted by atomic mass is 35.5. The van der Waals surface area contributed by atoms with Gasteiger partial charge in [0.1, 0.15) is 12.6 Å². The molecule has 34 heavy (non-hydrogen) atoms.